The van der Waals surface area contributed by atoms with Gasteiger partial charge in [-0.3, -0.25) is 4.79 Å². The van der Waals surface area contributed by atoms with Crippen LogP contribution >= 0.6 is 0 Å². The molecule has 2 aromatic rings. The molecule has 2 N–H and O–H groups in total. The van der Waals surface area contributed by atoms with Crippen molar-refractivity contribution in [3.8, 4) is 5.75 Å². The fourth-order valence-corrected chi connectivity index (χ4v) is 4.80. The Balaban J connectivity index is 1.27. The molecule has 7 heteroatoms. The first-order chi connectivity index (χ1) is 17.6. The van der Waals surface area contributed by atoms with Crippen molar-refractivity contribution in [1.29, 1.82) is 0 Å². The fourth-order valence-electron chi connectivity index (χ4n) is 4.80. The van der Waals surface area contributed by atoms with Crippen LogP contribution in [0.4, 0.5) is 5.95 Å². The van der Waals surface area contributed by atoms with Gasteiger partial charge in [-0.05, 0) is 79.3 Å². The molecule has 0 bridgehead atoms. The molecule has 1 aromatic carbocycles. The van der Waals surface area contributed by atoms with E-state index in [-0.39, 0.29) is 19.1 Å². The van der Waals surface area contributed by atoms with Gasteiger partial charge in [0.15, 0.2) is 0 Å². The van der Waals surface area contributed by atoms with Gasteiger partial charge in [0.25, 0.3) is 0 Å². The summed E-state index contributed by atoms with van der Waals surface area (Å²) >= 11 is 0. The number of benzene rings is 1. The van der Waals surface area contributed by atoms with Crippen molar-refractivity contribution < 1.29 is 14.6 Å². The van der Waals surface area contributed by atoms with Crippen molar-refractivity contribution in [3.63, 3.8) is 0 Å². The predicted molar refractivity (Wildman–Crippen MR) is 143 cm³/mol. The number of aliphatic hydroxyl groups is 1. The standard InChI is InChI=1S/C29H38N4O3/c1-3-4-23-18-31-29(32-19-23)33-14-11-22(12-15-33)20-36-27-10-9-26(17-21(27)2)24-5-7-25(8-6-24)28(35)30-13-16-34/h5,7,9-10,17-19,22,34H,3-4,6,8,11-16,20H2,1-2H3,(H,30,35). The van der Waals surface area contributed by atoms with Crippen LogP contribution in [-0.4, -0.2) is 53.8 Å². The summed E-state index contributed by atoms with van der Waals surface area (Å²) in [6.45, 7) is 7.14. The number of carbonyl (C=O) groups excluding carboxylic acids is 1. The summed E-state index contributed by atoms with van der Waals surface area (Å²) in [5.74, 6) is 2.21. The number of nitrogens with zero attached hydrogens (tertiary/aromatic N) is 3. The van der Waals surface area contributed by atoms with Gasteiger partial charge in [-0.15, -0.1) is 0 Å². The molecule has 2 aliphatic rings. The maximum Gasteiger partial charge on any atom is 0.247 e. The van der Waals surface area contributed by atoms with E-state index in [1.165, 1.54) is 16.7 Å². The number of rotatable bonds is 10. The summed E-state index contributed by atoms with van der Waals surface area (Å²) in [6, 6.07) is 6.36. The molecule has 7 nitrogen and oxygen atoms in total. The van der Waals surface area contributed by atoms with Gasteiger partial charge in [0.05, 0.1) is 13.2 Å². The number of anilines is 1. The lowest BCUT2D eigenvalue weighted by Crippen LogP contribution is -2.36. The molecule has 1 saturated heterocycles. The second kappa shape index (κ2) is 12.7. The van der Waals surface area contributed by atoms with Gasteiger partial charge in [0, 0.05) is 37.6 Å². The molecule has 1 aliphatic heterocycles. The molecule has 1 aromatic heterocycles. The molecule has 0 radical (unpaired) electrons. The monoisotopic (exact) mass is 490 g/mol. The van der Waals surface area contributed by atoms with Crippen LogP contribution in [-0.2, 0) is 11.2 Å². The number of aromatic nitrogens is 2. The summed E-state index contributed by atoms with van der Waals surface area (Å²) in [7, 11) is 0. The molecular formula is C29H38N4O3. The minimum absolute atomic E-state index is 0.0461. The van der Waals surface area contributed by atoms with E-state index in [4.69, 9.17) is 9.84 Å². The zero-order valence-electron chi connectivity index (χ0n) is 21.5. The number of aryl methyl sites for hydroxylation is 2. The Hall–Kier alpha value is -3.19. The van der Waals surface area contributed by atoms with E-state index in [9.17, 15) is 4.79 Å². The first-order valence-electron chi connectivity index (χ1n) is 13.2. The second-order valence-electron chi connectivity index (χ2n) is 9.73. The van der Waals surface area contributed by atoms with E-state index >= 15 is 0 Å². The molecule has 192 valence electrons. The van der Waals surface area contributed by atoms with Crippen molar-refractivity contribution in [3.05, 3.63) is 65.0 Å². The molecule has 2 heterocycles. The van der Waals surface area contributed by atoms with E-state index in [2.05, 4.69) is 52.2 Å². The third kappa shape index (κ3) is 6.72. The average molecular weight is 491 g/mol. The molecule has 36 heavy (non-hydrogen) atoms. The highest BCUT2D eigenvalue weighted by Crippen LogP contribution is 2.31. The highest BCUT2D eigenvalue weighted by Gasteiger charge is 2.22. The zero-order valence-corrected chi connectivity index (χ0v) is 21.5. The minimum atomic E-state index is -0.0949. The van der Waals surface area contributed by atoms with Gasteiger partial charge in [-0.25, -0.2) is 9.97 Å². The number of amides is 1. The Morgan fingerprint density at radius 3 is 2.58 bits per heavy atom. The first-order valence-corrected chi connectivity index (χ1v) is 13.2. The van der Waals surface area contributed by atoms with Crippen LogP contribution in [0.5, 0.6) is 5.75 Å². The van der Waals surface area contributed by atoms with Crippen molar-refractivity contribution in [2.24, 2.45) is 5.92 Å². The highest BCUT2D eigenvalue weighted by atomic mass is 16.5. The maximum atomic E-state index is 12.1. The van der Waals surface area contributed by atoms with Gasteiger partial charge in [0.1, 0.15) is 5.75 Å². The van der Waals surface area contributed by atoms with Gasteiger partial charge in [0.2, 0.25) is 11.9 Å². The molecular weight excluding hydrogens is 452 g/mol. The number of allylic oxidation sites excluding steroid dienone is 3. The predicted octanol–water partition coefficient (Wildman–Crippen LogP) is 4.25. The zero-order chi connectivity index (χ0) is 25.3. The Morgan fingerprint density at radius 1 is 1.17 bits per heavy atom. The average Bonchev–Trinajstić information content (AvgIpc) is 2.92. The Kier molecular flexibility index (Phi) is 9.11. The van der Waals surface area contributed by atoms with Crippen LogP contribution in [0, 0.1) is 12.8 Å². The summed E-state index contributed by atoms with van der Waals surface area (Å²) in [5.41, 5.74) is 5.48. The van der Waals surface area contributed by atoms with E-state index in [0.717, 1.165) is 74.6 Å². The highest BCUT2D eigenvalue weighted by molar-refractivity contribution is 5.95. The lowest BCUT2D eigenvalue weighted by atomic mass is 9.92. The number of nitrogens with one attached hydrogen (secondary N) is 1. The second-order valence-corrected chi connectivity index (χ2v) is 9.73. The van der Waals surface area contributed by atoms with Gasteiger partial charge >= 0.3 is 0 Å². The molecule has 1 amide bonds. The Bertz CT molecular complexity index is 1090. The molecule has 0 saturated carbocycles. The lowest BCUT2D eigenvalue weighted by Gasteiger charge is -2.32. The number of ether oxygens (including phenoxy) is 1. The number of hydrogen-bond donors (Lipinski definition) is 2. The number of piperidine rings is 1. The van der Waals surface area contributed by atoms with Crippen LogP contribution in [0.2, 0.25) is 0 Å². The third-order valence-corrected chi connectivity index (χ3v) is 6.99. The lowest BCUT2D eigenvalue weighted by molar-refractivity contribution is -0.117. The smallest absolute Gasteiger partial charge is 0.247 e. The maximum absolute atomic E-state index is 12.1. The molecule has 0 unspecified atom stereocenters. The SMILES string of the molecule is CCCc1cnc(N2CCC(COc3ccc(C4=CC=C(C(=O)NCCO)CC4)cc3C)CC2)nc1. The van der Waals surface area contributed by atoms with E-state index in [0.29, 0.717) is 12.3 Å². The van der Waals surface area contributed by atoms with E-state index < -0.39 is 0 Å². The summed E-state index contributed by atoms with van der Waals surface area (Å²) < 4.78 is 6.23. The third-order valence-electron chi connectivity index (χ3n) is 6.99. The first kappa shape index (κ1) is 25.9. The largest absolute Gasteiger partial charge is 0.493 e. The van der Waals surface area contributed by atoms with Crippen molar-refractivity contribution >= 4 is 17.4 Å². The quantitative estimate of drug-likeness (QED) is 0.518. The van der Waals surface area contributed by atoms with Crippen LogP contribution in [0.1, 0.15) is 55.7 Å². The molecule has 4 rings (SSSR count). The fraction of sp³-hybridized carbons (Fsp3) is 0.483. The molecule has 0 spiro atoms. The minimum Gasteiger partial charge on any atom is -0.493 e. The van der Waals surface area contributed by atoms with Crippen LogP contribution in [0.15, 0.2) is 48.3 Å². The number of carbonyl (C=O) groups is 1. The van der Waals surface area contributed by atoms with Gasteiger partial charge in [-0.2, -0.15) is 0 Å². The summed E-state index contributed by atoms with van der Waals surface area (Å²) in [4.78, 5) is 23.5. The van der Waals surface area contributed by atoms with Crippen molar-refractivity contribution in [2.75, 3.05) is 37.7 Å². The summed E-state index contributed by atoms with van der Waals surface area (Å²) in [6.07, 6.45) is 13.7. The molecule has 1 fully saturated rings. The Labute approximate surface area is 214 Å². The van der Waals surface area contributed by atoms with Crippen molar-refractivity contribution in [1.82, 2.24) is 15.3 Å². The normalized spacial score (nSPS) is 16.4. The number of aliphatic hydroxyl groups excluding tert-OH is 1. The van der Waals surface area contributed by atoms with Crippen molar-refractivity contribution in [2.45, 2.75) is 52.4 Å². The van der Waals surface area contributed by atoms with E-state index in [1.54, 1.807) is 0 Å². The Morgan fingerprint density at radius 2 is 1.94 bits per heavy atom. The molecule has 1 aliphatic carbocycles. The van der Waals surface area contributed by atoms with E-state index in [1.807, 2.05) is 24.5 Å². The number of hydrogen-bond acceptors (Lipinski definition) is 6. The van der Waals surface area contributed by atoms with Crippen LogP contribution < -0.4 is 15.0 Å². The summed E-state index contributed by atoms with van der Waals surface area (Å²) in [5, 5.41) is 11.6. The van der Waals surface area contributed by atoms with Gasteiger partial charge in [-0.1, -0.05) is 31.6 Å². The topological polar surface area (TPSA) is 87.6 Å². The van der Waals surface area contributed by atoms with Crippen LogP contribution in [0.25, 0.3) is 5.57 Å². The van der Waals surface area contributed by atoms with Gasteiger partial charge < -0.3 is 20.1 Å². The van der Waals surface area contributed by atoms with Crippen LogP contribution in [0.3, 0.4) is 0 Å². The molecule has 0 atom stereocenters.